The van der Waals surface area contributed by atoms with Gasteiger partial charge in [-0.05, 0) is 28.1 Å². The van der Waals surface area contributed by atoms with E-state index in [1.807, 2.05) is 0 Å². The van der Waals surface area contributed by atoms with Crippen molar-refractivity contribution in [1.82, 2.24) is 9.55 Å². The lowest BCUT2D eigenvalue weighted by Gasteiger charge is -2.13. The predicted molar refractivity (Wildman–Crippen MR) is 75.0 cm³/mol. The van der Waals surface area contributed by atoms with Gasteiger partial charge in [0.2, 0.25) is 0 Å². The van der Waals surface area contributed by atoms with E-state index in [1.54, 1.807) is 0 Å². The molecule has 0 saturated carbocycles. The zero-order chi connectivity index (χ0) is 17.6. The molecule has 0 atom stereocenters. The molecule has 0 aliphatic heterocycles. The van der Waals surface area contributed by atoms with E-state index in [1.165, 1.54) is 25.2 Å². The molecule has 2 rings (SSSR count). The molecule has 2 aromatic rings. The van der Waals surface area contributed by atoms with Gasteiger partial charge in [-0.3, -0.25) is 4.79 Å². The summed E-state index contributed by atoms with van der Waals surface area (Å²) in [4.78, 5) is 15.8. The van der Waals surface area contributed by atoms with Crippen LogP contribution in [0.4, 0.5) is 13.2 Å². The summed E-state index contributed by atoms with van der Waals surface area (Å²) in [7, 11) is -4.82. The number of nitrogens with zero attached hydrogens (tertiary/aromatic N) is 3. The molecule has 122 valence electrons. The van der Waals surface area contributed by atoms with Gasteiger partial charge in [-0.2, -0.15) is 26.9 Å². The topological polar surface area (TPSA) is 102 Å². The van der Waals surface area contributed by atoms with Crippen LogP contribution in [0.25, 0.3) is 11.0 Å². The van der Waals surface area contributed by atoms with Crippen molar-refractivity contribution < 1.29 is 25.8 Å². The molecule has 0 unspecified atom stereocenters. The monoisotopic (exact) mass is 411 g/mol. The van der Waals surface area contributed by atoms with Gasteiger partial charge in [-0.1, -0.05) is 0 Å². The van der Waals surface area contributed by atoms with Gasteiger partial charge in [0.15, 0.2) is 11.3 Å². The maximum Gasteiger partial charge on any atom is 0.534 e. The van der Waals surface area contributed by atoms with E-state index in [9.17, 15) is 26.4 Å². The largest absolute Gasteiger partial charge is 0.534 e. The van der Waals surface area contributed by atoms with Gasteiger partial charge < -0.3 is 8.75 Å². The van der Waals surface area contributed by atoms with Crippen molar-refractivity contribution >= 4 is 37.1 Å². The Balaban J connectivity index is 2.92. The fraction of sp³-hybridized carbons (Fsp3) is 0.182. The third-order valence-electron chi connectivity index (χ3n) is 2.75. The molecule has 0 aliphatic rings. The Bertz CT molecular complexity index is 1010. The van der Waals surface area contributed by atoms with Crippen LogP contribution in [-0.2, 0) is 17.2 Å². The van der Waals surface area contributed by atoms with E-state index in [-0.39, 0.29) is 15.6 Å². The van der Waals surface area contributed by atoms with Gasteiger partial charge in [-0.25, -0.2) is 4.98 Å². The van der Waals surface area contributed by atoms with Crippen molar-refractivity contribution in [2.24, 2.45) is 7.05 Å². The van der Waals surface area contributed by atoms with Crippen LogP contribution in [0.5, 0.6) is 5.75 Å². The van der Waals surface area contributed by atoms with Crippen LogP contribution in [0.2, 0.25) is 0 Å². The Morgan fingerprint density at radius 3 is 2.52 bits per heavy atom. The van der Waals surface area contributed by atoms with Crippen LogP contribution < -0.4 is 9.74 Å². The number of alkyl halides is 3. The average Bonchev–Trinajstić information content (AvgIpc) is 2.43. The first-order chi connectivity index (χ1) is 10.5. The lowest BCUT2D eigenvalue weighted by atomic mass is 10.2. The number of hydrogen-bond donors (Lipinski definition) is 0. The first-order valence-corrected chi connectivity index (χ1v) is 7.80. The minimum atomic E-state index is -6.07. The number of hydrogen-bond acceptors (Lipinski definition) is 6. The van der Waals surface area contributed by atoms with E-state index < -0.39 is 32.5 Å². The molecule has 2 heterocycles. The number of rotatable bonds is 2. The van der Waals surface area contributed by atoms with Crippen molar-refractivity contribution in [2.45, 2.75) is 5.51 Å². The second kappa shape index (κ2) is 5.50. The summed E-state index contributed by atoms with van der Waals surface area (Å²) in [6.45, 7) is 0. The van der Waals surface area contributed by atoms with Crippen LogP contribution in [0.3, 0.4) is 0 Å². The Kier molecular flexibility index (Phi) is 4.12. The highest BCUT2D eigenvalue weighted by molar-refractivity contribution is 9.10. The van der Waals surface area contributed by atoms with E-state index in [4.69, 9.17) is 5.26 Å². The molecule has 0 bridgehead atoms. The molecule has 2 aromatic heterocycles. The zero-order valence-corrected chi connectivity index (χ0v) is 13.5. The molecule has 0 aromatic carbocycles. The molecular formula is C11H5BrF3N3O4S. The minimum Gasteiger partial charge on any atom is -0.372 e. The molecule has 0 amide bonds. The maximum absolute atomic E-state index is 12.5. The van der Waals surface area contributed by atoms with Crippen molar-refractivity contribution in [3.05, 3.63) is 32.7 Å². The number of aromatic nitrogens is 2. The third-order valence-corrected chi connectivity index (χ3v) is 4.14. The second-order valence-electron chi connectivity index (χ2n) is 4.17. The first kappa shape index (κ1) is 17.2. The zero-order valence-electron chi connectivity index (χ0n) is 11.0. The summed E-state index contributed by atoms with van der Waals surface area (Å²) < 4.78 is 65.0. The van der Waals surface area contributed by atoms with Gasteiger partial charge in [0.05, 0.1) is 5.52 Å². The highest BCUT2D eigenvalue weighted by atomic mass is 79.9. The SMILES string of the molecule is Cn1c(=O)c(C#N)c(OS(=O)(=O)C(F)(F)F)c2nc(Br)ccc21. The van der Waals surface area contributed by atoms with E-state index in [0.29, 0.717) is 0 Å². The van der Waals surface area contributed by atoms with E-state index >= 15 is 0 Å². The second-order valence-corrected chi connectivity index (χ2v) is 6.52. The first-order valence-electron chi connectivity index (χ1n) is 5.59. The highest BCUT2D eigenvalue weighted by Gasteiger charge is 2.49. The molecule has 12 heteroatoms. The minimum absolute atomic E-state index is 0.00965. The number of aryl methyl sites for hydroxylation is 1. The Morgan fingerprint density at radius 1 is 1.39 bits per heavy atom. The smallest absolute Gasteiger partial charge is 0.372 e. The molecule has 0 radical (unpaired) electrons. The summed E-state index contributed by atoms with van der Waals surface area (Å²) >= 11 is 2.97. The Hall–Kier alpha value is -2.13. The maximum atomic E-state index is 12.5. The van der Waals surface area contributed by atoms with Crippen LogP contribution >= 0.6 is 15.9 Å². The van der Waals surface area contributed by atoms with Gasteiger partial charge >= 0.3 is 15.6 Å². The Labute approximate surface area is 135 Å². The lowest BCUT2D eigenvalue weighted by Crippen LogP contribution is -2.30. The van der Waals surface area contributed by atoms with Crippen molar-refractivity contribution in [2.75, 3.05) is 0 Å². The van der Waals surface area contributed by atoms with Gasteiger partial charge in [0.1, 0.15) is 16.2 Å². The summed E-state index contributed by atoms with van der Waals surface area (Å²) in [6, 6.07) is 4.04. The van der Waals surface area contributed by atoms with Gasteiger partial charge in [-0.15, -0.1) is 0 Å². The number of nitriles is 1. The average molecular weight is 412 g/mol. The van der Waals surface area contributed by atoms with E-state index in [0.717, 1.165) is 4.57 Å². The third kappa shape index (κ3) is 2.89. The quantitative estimate of drug-likeness (QED) is 0.424. The van der Waals surface area contributed by atoms with Gasteiger partial charge in [0.25, 0.3) is 5.56 Å². The molecule has 0 fully saturated rings. The Morgan fingerprint density at radius 2 is 2.00 bits per heavy atom. The number of pyridine rings is 2. The van der Waals surface area contributed by atoms with Crippen molar-refractivity contribution in [1.29, 1.82) is 5.26 Å². The summed E-state index contributed by atoms with van der Waals surface area (Å²) in [5, 5.41) is 8.99. The van der Waals surface area contributed by atoms with Crippen molar-refractivity contribution in [3.8, 4) is 11.8 Å². The highest BCUT2D eigenvalue weighted by Crippen LogP contribution is 2.32. The van der Waals surface area contributed by atoms with Gasteiger partial charge in [0, 0.05) is 7.05 Å². The number of halogens is 4. The summed E-state index contributed by atoms with van der Waals surface area (Å²) in [5.74, 6) is -1.07. The summed E-state index contributed by atoms with van der Waals surface area (Å²) in [6.07, 6.45) is 0. The molecule has 7 nitrogen and oxygen atoms in total. The molecular weight excluding hydrogens is 407 g/mol. The van der Waals surface area contributed by atoms with Crippen LogP contribution in [0.1, 0.15) is 5.56 Å². The predicted octanol–water partition coefficient (Wildman–Crippen LogP) is 1.80. The molecule has 23 heavy (non-hydrogen) atoms. The van der Waals surface area contributed by atoms with Crippen LogP contribution in [-0.4, -0.2) is 23.5 Å². The standard InChI is InChI=1S/C11H5BrF3N3O4S/c1-18-6-2-3-7(12)17-8(6)9(5(4-16)10(18)19)22-23(20,21)11(13,14)15/h2-3H,1H3. The van der Waals surface area contributed by atoms with Crippen LogP contribution in [0, 0.1) is 11.3 Å². The van der Waals surface area contributed by atoms with Crippen molar-refractivity contribution in [3.63, 3.8) is 0 Å². The van der Waals surface area contributed by atoms with E-state index in [2.05, 4.69) is 25.1 Å². The molecule has 0 spiro atoms. The molecule has 0 saturated heterocycles. The normalized spacial score (nSPS) is 12.2. The number of fused-ring (bicyclic) bond motifs is 1. The fourth-order valence-electron chi connectivity index (χ4n) is 1.70. The molecule has 0 N–H and O–H groups in total. The molecule has 0 aliphatic carbocycles. The lowest BCUT2D eigenvalue weighted by molar-refractivity contribution is -0.0499. The summed E-state index contributed by atoms with van der Waals surface area (Å²) in [5.41, 5.74) is -8.04. The van der Waals surface area contributed by atoms with Crippen LogP contribution in [0.15, 0.2) is 21.5 Å². The fourth-order valence-corrected chi connectivity index (χ4v) is 2.48.